The quantitative estimate of drug-likeness (QED) is 0.813. The van der Waals surface area contributed by atoms with E-state index in [1.807, 2.05) is 30.6 Å². The van der Waals surface area contributed by atoms with Crippen LogP contribution in [-0.2, 0) is 13.1 Å². The second-order valence-electron chi connectivity index (χ2n) is 4.65. The van der Waals surface area contributed by atoms with Gasteiger partial charge in [0.2, 0.25) is 0 Å². The first-order valence-electron chi connectivity index (χ1n) is 6.74. The lowest BCUT2D eigenvalue weighted by Gasteiger charge is -2.30. The van der Waals surface area contributed by atoms with E-state index in [0.29, 0.717) is 0 Å². The highest BCUT2D eigenvalue weighted by atomic mass is 32.2. The molecule has 0 amide bonds. The second kappa shape index (κ2) is 5.59. The van der Waals surface area contributed by atoms with Gasteiger partial charge in [0.1, 0.15) is 11.9 Å². The van der Waals surface area contributed by atoms with E-state index in [1.165, 1.54) is 0 Å². The molecule has 102 valence electrons. The van der Waals surface area contributed by atoms with Crippen LogP contribution in [0.3, 0.4) is 0 Å². The molecule has 1 aromatic carbocycles. The van der Waals surface area contributed by atoms with Gasteiger partial charge in [0.25, 0.3) is 0 Å². The maximum absolute atomic E-state index is 9.50. The topological polar surface area (TPSA) is 44.9 Å². The number of aromatic nitrogens is 2. The molecule has 0 fully saturated rings. The summed E-state index contributed by atoms with van der Waals surface area (Å²) in [5, 5.41) is 9.50. The fourth-order valence-corrected chi connectivity index (χ4v) is 3.33. The Morgan fingerprint density at radius 2 is 2.30 bits per heavy atom. The summed E-state index contributed by atoms with van der Waals surface area (Å²) in [7, 11) is 0. The first-order valence-corrected chi connectivity index (χ1v) is 7.73. The van der Waals surface area contributed by atoms with E-state index >= 15 is 0 Å². The summed E-state index contributed by atoms with van der Waals surface area (Å²) in [6, 6.07) is 8.48. The fraction of sp³-hybridized carbons (Fsp3) is 0.333. The average molecular weight is 284 g/mol. The van der Waals surface area contributed by atoms with E-state index in [2.05, 4.69) is 27.4 Å². The van der Waals surface area contributed by atoms with Gasteiger partial charge in [0, 0.05) is 30.4 Å². The summed E-state index contributed by atoms with van der Waals surface area (Å²) < 4.78 is 2.17. The number of benzene rings is 1. The lowest BCUT2D eigenvalue weighted by molar-refractivity contribution is 0.559. The van der Waals surface area contributed by atoms with Crippen LogP contribution in [0.5, 0.6) is 0 Å². The largest absolute Gasteiger partial charge is 0.361 e. The minimum absolute atomic E-state index is 0.766. The Labute approximate surface area is 123 Å². The second-order valence-corrected chi connectivity index (χ2v) is 5.96. The van der Waals surface area contributed by atoms with Crippen molar-refractivity contribution < 1.29 is 0 Å². The van der Waals surface area contributed by atoms with Crippen molar-refractivity contribution in [1.29, 1.82) is 5.26 Å². The molecule has 20 heavy (non-hydrogen) atoms. The zero-order chi connectivity index (χ0) is 13.9. The van der Waals surface area contributed by atoms with Gasteiger partial charge in [-0.05, 0) is 17.9 Å². The Morgan fingerprint density at radius 3 is 3.10 bits per heavy atom. The van der Waals surface area contributed by atoms with E-state index in [9.17, 15) is 5.26 Å². The SMILES string of the molecule is CCSc1cccc(N2CCn3ccnc3C2)c1C#N. The van der Waals surface area contributed by atoms with Crippen molar-refractivity contribution in [2.24, 2.45) is 0 Å². The Hall–Kier alpha value is -1.93. The summed E-state index contributed by atoms with van der Waals surface area (Å²) in [4.78, 5) is 7.70. The number of thioether (sulfide) groups is 1. The summed E-state index contributed by atoms with van der Waals surface area (Å²) in [6.07, 6.45) is 3.86. The third-order valence-corrected chi connectivity index (χ3v) is 4.44. The van der Waals surface area contributed by atoms with Crippen LogP contribution in [0.4, 0.5) is 5.69 Å². The van der Waals surface area contributed by atoms with Gasteiger partial charge in [0.05, 0.1) is 17.8 Å². The molecule has 0 spiro atoms. The molecule has 0 aliphatic carbocycles. The molecule has 5 heteroatoms. The van der Waals surface area contributed by atoms with Crippen LogP contribution >= 0.6 is 11.8 Å². The predicted molar refractivity (Wildman–Crippen MR) is 80.8 cm³/mol. The molecule has 3 rings (SSSR count). The van der Waals surface area contributed by atoms with Gasteiger partial charge in [-0.15, -0.1) is 11.8 Å². The molecule has 0 saturated heterocycles. The normalized spacial score (nSPS) is 13.9. The molecular formula is C15H16N4S. The molecule has 2 heterocycles. The Morgan fingerprint density at radius 1 is 1.40 bits per heavy atom. The number of hydrogen-bond acceptors (Lipinski definition) is 4. The number of anilines is 1. The number of nitrogens with zero attached hydrogens (tertiary/aromatic N) is 4. The van der Waals surface area contributed by atoms with Gasteiger partial charge in [-0.1, -0.05) is 13.0 Å². The first-order chi connectivity index (χ1) is 9.83. The zero-order valence-corrected chi connectivity index (χ0v) is 12.2. The number of imidazole rings is 1. The van der Waals surface area contributed by atoms with Crippen molar-refractivity contribution in [3.8, 4) is 6.07 Å². The lowest BCUT2D eigenvalue weighted by Crippen LogP contribution is -2.34. The molecular weight excluding hydrogens is 268 g/mol. The predicted octanol–water partition coefficient (Wildman–Crippen LogP) is 2.89. The Balaban J connectivity index is 1.95. The smallest absolute Gasteiger partial charge is 0.128 e. The number of hydrogen-bond donors (Lipinski definition) is 0. The minimum atomic E-state index is 0.766. The fourth-order valence-electron chi connectivity index (χ4n) is 2.55. The van der Waals surface area contributed by atoms with Crippen LogP contribution in [0.25, 0.3) is 0 Å². The van der Waals surface area contributed by atoms with Crippen molar-refractivity contribution in [2.75, 3.05) is 17.2 Å². The summed E-state index contributed by atoms with van der Waals surface area (Å²) in [5.41, 5.74) is 1.82. The molecule has 0 bridgehead atoms. The van der Waals surface area contributed by atoms with Crippen molar-refractivity contribution in [2.45, 2.75) is 24.9 Å². The monoisotopic (exact) mass is 284 g/mol. The third kappa shape index (κ3) is 2.27. The van der Waals surface area contributed by atoms with Crippen molar-refractivity contribution in [3.05, 3.63) is 42.0 Å². The van der Waals surface area contributed by atoms with Crippen LogP contribution < -0.4 is 4.90 Å². The summed E-state index contributed by atoms with van der Waals surface area (Å²) >= 11 is 1.72. The Bertz CT molecular complexity index is 656. The van der Waals surface area contributed by atoms with E-state index < -0.39 is 0 Å². The molecule has 1 aliphatic heterocycles. The molecule has 2 aromatic rings. The van der Waals surface area contributed by atoms with Gasteiger partial charge in [-0.3, -0.25) is 0 Å². The molecule has 0 saturated carbocycles. The van der Waals surface area contributed by atoms with Crippen molar-refractivity contribution in [3.63, 3.8) is 0 Å². The van der Waals surface area contributed by atoms with Gasteiger partial charge in [-0.2, -0.15) is 5.26 Å². The van der Waals surface area contributed by atoms with E-state index in [-0.39, 0.29) is 0 Å². The number of nitriles is 1. The van der Waals surface area contributed by atoms with Crippen LogP contribution in [-0.4, -0.2) is 21.8 Å². The van der Waals surface area contributed by atoms with Gasteiger partial charge in [0.15, 0.2) is 0 Å². The van der Waals surface area contributed by atoms with Gasteiger partial charge >= 0.3 is 0 Å². The molecule has 0 unspecified atom stereocenters. The average Bonchev–Trinajstić information content (AvgIpc) is 2.94. The third-order valence-electron chi connectivity index (χ3n) is 3.50. The molecule has 1 aliphatic rings. The van der Waals surface area contributed by atoms with Crippen LogP contribution in [0.2, 0.25) is 0 Å². The van der Waals surface area contributed by atoms with E-state index in [4.69, 9.17) is 0 Å². The van der Waals surface area contributed by atoms with Crippen LogP contribution in [0, 0.1) is 11.3 Å². The highest BCUT2D eigenvalue weighted by molar-refractivity contribution is 7.99. The van der Waals surface area contributed by atoms with Gasteiger partial charge < -0.3 is 9.47 Å². The van der Waals surface area contributed by atoms with Crippen LogP contribution in [0.1, 0.15) is 18.3 Å². The summed E-state index contributed by atoms with van der Waals surface area (Å²) in [5.74, 6) is 2.04. The zero-order valence-electron chi connectivity index (χ0n) is 11.4. The first kappa shape index (κ1) is 13.1. The molecule has 0 radical (unpaired) electrons. The maximum atomic E-state index is 9.50. The number of fused-ring (bicyclic) bond motifs is 1. The maximum Gasteiger partial charge on any atom is 0.128 e. The Kier molecular flexibility index (Phi) is 3.66. The van der Waals surface area contributed by atoms with E-state index in [1.54, 1.807) is 11.8 Å². The van der Waals surface area contributed by atoms with E-state index in [0.717, 1.165) is 47.4 Å². The number of rotatable bonds is 3. The molecule has 4 nitrogen and oxygen atoms in total. The van der Waals surface area contributed by atoms with Crippen molar-refractivity contribution >= 4 is 17.4 Å². The standard InChI is InChI=1S/C15H16N4S/c1-2-20-14-5-3-4-13(12(14)10-16)19-9-8-18-7-6-17-15(18)11-19/h3-7H,2,8-9,11H2,1H3. The molecule has 0 N–H and O–H groups in total. The van der Waals surface area contributed by atoms with Gasteiger partial charge in [-0.25, -0.2) is 4.98 Å². The highest BCUT2D eigenvalue weighted by Gasteiger charge is 2.20. The molecule has 1 aromatic heterocycles. The van der Waals surface area contributed by atoms with Crippen LogP contribution in [0.15, 0.2) is 35.5 Å². The molecule has 0 atom stereocenters. The summed E-state index contributed by atoms with van der Waals surface area (Å²) in [6.45, 7) is 4.71. The lowest BCUT2D eigenvalue weighted by atomic mass is 10.1. The van der Waals surface area contributed by atoms with Crippen molar-refractivity contribution in [1.82, 2.24) is 9.55 Å². The minimum Gasteiger partial charge on any atom is -0.361 e. The highest BCUT2D eigenvalue weighted by Crippen LogP contribution is 2.31.